The molecule has 3 rings (SSSR count). The molecule has 0 spiro atoms. The van der Waals surface area contributed by atoms with Crippen molar-refractivity contribution in [3.05, 3.63) is 52.4 Å². The standard InChI is InChI=1S/C17H18N6OS/c1-11-10-25-14(21-11)9-19-16(24)13-8-20-17(23(2)3)22-15(13)12-5-4-6-18-7-12/h4-8,10H,9H2,1-3H3,(H,19,24). The Bertz CT molecular complexity index is 878. The summed E-state index contributed by atoms with van der Waals surface area (Å²) in [7, 11) is 3.71. The number of rotatable bonds is 5. The maximum atomic E-state index is 12.7. The summed E-state index contributed by atoms with van der Waals surface area (Å²) in [6.07, 6.45) is 4.91. The molecular weight excluding hydrogens is 336 g/mol. The van der Waals surface area contributed by atoms with E-state index in [-0.39, 0.29) is 5.91 Å². The van der Waals surface area contributed by atoms with Gasteiger partial charge in [0.25, 0.3) is 5.91 Å². The molecular formula is C17H18N6OS. The van der Waals surface area contributed by atoms with E-state index in [4.69, 9.17) is 0 Å². The summed E-state index contributed by atoms with van der Waals surface area (Å²) in [4.78, 5) is 31.7. The fraction of sp³-hybridized carbons (Fsp3) is 0.235. The molecule has 0 aromatic carbocycles. The van der Waals surface area contributed by atoms with Crippen LogP contribution in [-0.4, -0.2) is 39.9 Å². The summed E-state index contributed by atoms with van der Waals surface area (Å²) in [6.45, 7) is 2.30. The van der Waals surface area contributed by atoms with Crippen LogP contribution in [0.15, 0.2) is 36.1 Å². The molecule has 25 heavy (non-hydrogen) atoms. The van der Waals surface area contributed by atoms with Gasteiger partial charge in [0.1, 0.15) is 5.01 Å². The topological polar surface area (TPSA) is 83.9 Å². The summed E-state index contributed by atoms with van der Waals surface area (Å²) in [5.41, 5.74) is 2.68. The number of hydrogen-bond donors (Lipinski definition) is 1. The van der Waals surface area contributed by atoms with Crippen molar-refractivity contribution in [3.63, 3.8) is 0 Å². The molecule has 0 bridgehead atoms. The van der Waals surface area contributed by atoms with Gasteiger partial charge in [-0.1, -0.05) is 0 Å². The molecule has 8 heteroatoms. The van der Waals surface area contributed by atoms with Gasteiger partial charge in [-0.3, -0.25) is 9.78 Å². The van der Waals surface area contributed by atoms with Crippen molar-refractivity contribution in [1.29, 1.82) is 0 Å². The number of carbonyl (C=O) groups excluding carboxylic acids is 1. The van der Waals surface area contributed by atoms with Crippen LogP contribution < -0.4 is 10.2 Å². The fourth-order valence-electron chi connectivity index (χ4n) is 2.21. The van der Waals surface area contributed by atoms with Crippen LogP contribution in [0.2, 0.25) is 0 Å². The van der Waals surface area contributed by atoms with E-state index >= 15 is 0 Å². The third-order valence-corrected chi connectivity index (χ3v) is 4.39. The van der Waals surface area contributed by atoms with Crippen molar-refractivity contribution in [2.24, 2.45) is 0 Å². The monoisotopic (exact) mass is 354 g/mol. The molecule has 3 aromatic heterocycles. The Morgan fingerprint density at radius 1 is 1.28 bits per heavy atom. The first kappa shape index (κ1) is 17.0. The average Bonchev–Trinajstić information content (AvgIpc) is 3.05. The van der Waals surface area contributed by atoms with Crippen LogP contribution in [0.1, 0.15) is 21.1 Å². The summed E-state index contributed by atoms with van der Waals surface area (Å²) in [5, 5.41) is 5.70. The number of nitrogens with zero attached hydrogens (tertiary/aromatic N) is 5. The van der Waals surface area contributed by atoms with Gasteiger partial charge in [0, 0.05) is 49.3 Å². The number of pyridine rings is 1. The minimum absolute atomic E-state index is 0.239. The lowest BCUT2D eigenvalue weighted by Gasteiger charge is -2.14. The second kappa shape index (κ2) is 7.35. The Balaban J connectivity index is 1.90. The Hall–Kier alpha value is -2.87. The summed E-state index contributed by atoms with van der Waals surface area (Å²) < 4.78 is 0. The quantitative estimate of drug-likeness (QED) is 0.757. The second-order valence-corrected chi connectivity index (χ2v) is 6.58. The summed E-state index contributed by atoms with van der Waals surface area (Å²) in [5.74, 6) is 0.294. The second-order valence-electron chi connectivity index (χ2n) is 5.63. The van der Waals surface area contributed by atoms with Crippen molar-refractivity contribution in [2.75, 3.05) is 19.0 Å². The number of aromatic nitrogens is 4. The minimum Gasteiger partial charge on any atom is -0.347 e. The van der Waals surface area contributed by atoms with Gasteiger partial charge >= 0.3 is 0 Å². The van der Waals surface area contributed by atoms with Gasteiger partial charge in [-0.25, -0.2) is 15.0 Å². The molecule has 7 nitrogen and oxygen atoms in total. The lowest BCUT2D eigenvalue weighted by atomic mass is 10.1. The van der Waals surface area contributed by atoms with E-state index in [0.717, 1.165) is 16.3 Å². The predicted octanol–water partition coefficient (Wildman–Crippen LogP) is 2.30. The molecule has 128 valence electrons. The van der Waals surface area contributed by atoms with E-state index in [1.54, 1.807) is 23.5 Å². The molecule has 1 amide bonds. The van der Waals surface area contributed by atoms with Crippen molar-refractivity contribution in [3.8, 4) is 11.3 Å². The predicted molar refractivity (Wildman–Crippen MR) is 97.6 cm³/mol. The molecule has 0 aliphatic rings. The van der Waals surface area contributed by atoms with Crippen LogP contribution in [-0.2, 0) is 6.54 Å². The van der Waals surface area contributed by atoms with E-state index in [0.29, 0.717) is 23.8 Å². The Kier molecular flexibility index (Phi) is 4.99. The molecule has 0 atom stereocenters. The van der Waals surface area contributed by atoms with Crippen molar-refractivity contribution >= 4 is 23.2 Å². The van der Waals surface area contributed by atoms with Gasteiger partial charge in [-0.05, 0) is 19.1 Å². The summed E-state index contributed by atoms with van der Waals surface area (Å²) in [6, 6.07) is 3.68. The third-order valence-electron chi connectivity index (χ3n) is 3.42. The van der Waals surface area contributed by atoms with Crippen molar-refractivity contribution < 1.29 is 4.79 Å². The third kappa shape index (κ3) is 3.97. The molecule has 0 aliphatic carbocycles. The first-order valence-electron chi connectivity index (χ1n) is 7.68. The molecule has 1 N–H and O–H groups in total. The van der Waals surface area contributed by atoms with Crippen LogP contribution in [0.25, 0.3) is 11.3 Å². The van der Waals surface area contributed by atoms with Crippen LogP contribution >= 0.6 is 11.3 Å². The zero-order valence-corrected chi connectivity index (χ0v) is 15.0. The molecule has 0 saturated carbocycles. The normalized spacial score (nSPS) is 10.5. The number of anilines is 1. The molecule has 0 radical (unpaired) electrons. The Morgan fingerprint density at radius 3 is 2.76 bits per heavy atom. The van der Waals surface area contributed by atoms with Gasteiger partial charge < -0.3 is 10.2 Å². The number of aryl methyl sites for hydroxylation is 1. The first-order chi connectivity index (χ1) is 12.0. The maximum Gasteiger partial charge on any atom is 0.255 e. The average molecular weight is 354 g/mol. The highest BCUT2D eigenvalue weighted by Crippen LogP contribution is 2.22. The van der Waals surface area contributed by atoms with E-state index in [1.165, 1.54) is 11.3 Å². The van der Waals surface area contributed by atoms with Gasteiger partial charge in [-0.2, -0.15) is 0 Å². The zero-order chi connectivity index (χ0) is 17.8. The Labute approximate surface area is 149 Å². The molecule has 0 unspecified atom stereocenters. The number of thiazole rings is 1. The largest absolute Gasteiger partial charge is 0.347 e. The van der Waals surface area contributed by atoms with Crippen LogP contribution in [0, 0.1) is 6.92 Å². The highest BCUT2D eigenvalue weighted by molar-refractivity contribution is 7.09. The smallest absolute Gasteiger partial charge is 0.255 e. The minimum atomic E-state index is -0.239. The van der Waals surface area contributed by atoms with Crippen LogP contribution in [0.5, 0.6) is 0 Å². The van der Waals surface area contributed by atoms with Gasteiger partial charge in [0.15, 0.2) is 0 Å². The highest BCUT2D eigenvalue weighted by Gasteiger charge is 2.17. The van der Waals surface area contributed by atoms with E-state index in [1.807, 2.05) is 38.5 Å². The zero-order valence-electron chi connectivity index (χ0n) is 14.2. The van der Waals surface area contributed by atoms with E-state index < -0.39 is 0 Å². The number of amides is 1. The lowest BCUT2D eigenvalue weighted by Crippen LogP contribution is -2.24. The van der Waals surface area contributed by atoms with Crippen molar-refractivity contribution in [2.45, 2.75) is 13.5 Å². The van der Waals surface area contributed by atoms with Gasteiger partial charge in [-0.15, -0.1) is 11.3 Å². The SMILES string of the molecule is Cc1csc(CNC(=O)c2cnc(N(C)C)nc2-c2cccnc2)n1. The molecule has 0 saturated heterocycles. The maximum absolute atomic E-state index is 12.7. The van der Waals surface area contributed by atoms with Crippen molar-refractivity contribution in [1.82, 2.24) is 25.3 Å². The number of carbonyl (C=O) groups is 1. The molecule has 0 fully saturated rings. The molecule has 0 aliphatic heterocycles. The highest BCUT2D eigenvalue weighted by atomic mass is 32.1. The Morgan fingerprint density at radius 2 is 2.12 bits per heavy atom. The fourth-order valence-corrected chi connectivity index (χ4v) is 2.92. The first-order valence-corrected chi connectivity index (χ1v) is 8.56. The number of nitrogens with one attached hydrogen (secondary N) is 1. The lowest BCUT2D eigenvalue weighted by molar-refractivity contribution is 0.0951. The van der Waals surface area contributed by atoms with Gasteiger partial charge in [0.2, 0.25) is 5.95 Å². The van der Waals surface area contributed by atoms with Crippen LogP contribution in [0.4, 0.5) is 5.95 Å². The van der Waals surface area contributed by atoms with Gasteiger partial charge in [0.05, 0.1) is 17.8 Å². The van der Waals surface area contributed by atoms with E-state index in [9.17, 15) is 4.79 Å². The van der Waals surface area contributed by atoms with Crippen LogP contribution in [0.3, 0.4) is 0 Å². The summed E-state index contributed by atoms with van der Waals surface area (Å²) >= 11 is 1.52. The molecule has 3 heterocycles. The van der Waals surface area contributed by atoms with E-state index in [2.05, 4.69) is 25.3 Å². The number of hydrogen-bond acceptors (Lipinski definition) is 7. The molecule has 3 aromatic rings.